The smallest absolute Gasteiger partial charge is 0.408 e. The van der Waals surface area contributed by atoms with Gasteiger partial charge in [-0.05, 0) is 89.1 Å². The van der Waals surface area contributed by atoms with Crippen LogP contribution in [0.25, 0.3) is 21.3 Å². The molecule has 7 nitrogen and oxygen atoms in total. The lowest BCUT2D eigenvalue weighted by atomic mass is 9.93. The second kappa shape index (κ2) is 9.39. The van der Waals surface area contributed by atoms with Crippen LogP contribution < -0.4 is 10.7 Å². The molecular weight excluding hydrogens is 476 g/mol. The van der Waals surface area contributed by atoms with Gasteiger partial charge in [0.25, 0.3) is 0 Å². The highest BCUT2D eigenvalue weighted by Gasteiger charge is 2.29. The minimum absolute atomic E-state index is 0.0779. The molecule has 1 unspecified atom stereocenters. The van der Waals surface area contributed by atoms with E-state index in [9.17, 15) is 14.4 Å². The van der Waals surface area contributed by atoms with E-state index in [4.69, 9.17) is 9.47 Å². The molecule has 2 aromatic heterocycles. The molecule has 0 bridgehead atoms. The molecule has 5 rings (SSSR count). The highest BCUT2D eigenvalue weighted by Crippen LogP contribution is 2.42. The Bertz CT molecular complexity index is 1390. The summed E-state index contributed by atoms with van der Waals surface area (Å²) in [6.07, 6.45) is 6.18. The summed E-state index contributed by atoms with van der Waals surface area (Å²) in [5.41, 5.74) is 2.25. The molecule has 1 saturated carbocycles. The van der Waals surface area contributed by atoms with Gasteiger partial charge in [-0.2, -0.15) is 0 Å². The van der Waals surface area contributed by atoms with Crippen molar-refractivity contribution in [3.8, 4) is 10.4 Å². The fraction of sp³-hybridized carbons (Fsp3) is 0.464. The number of aryl methyl sites for hydroxylation is 1. The van der Waals surface area contributed by atoms with Gasteiger partial charge in [0.2, 0.25) is 5.43 Å². The number of amides is 1. The number of fused-ring (bicyclic) bond motifs is 2. The summed E-state index contributed by atoms with van der Waals surface area (Å²) in [7, 11) is 0. The van der Waals surface area contributed by atoms with Gasteiger partial charge in [0, 0.05) is 27.4 Å². The number of ether oxygens (including phenoxy) is 2. The standard InChI is InChI=1S/C28H32N2O5S/c1-5-34-26(32)20-15-30(17-10-11-17)22-13-16(9-12-18(22)25(20)31)24-14-19-21(7-6-8-23(19)36-24)29-27(33)35-28(2,3)4/h9,12-15,17,21H,5-8,10-11H2,1-4H3,(H,29,33). The Balaban J connectivity index is 1.51. The number of aromatic nitrogens is 1. The number of carbonyl (C=O) groups is 2. The van der Waals surface area contributed by atoms with E-state index in [1.54, 1.807) is 24.5 Å². The molecule has 1 atom stereocenters. The Labute approximate surface area is 214 Å². The summed E-state index contributed by atoms with van der Waals surface area (Å²) in [5.74, 6) is -0.572. The first kappa shape index (κ1) is 24.6. The van der Waals surface area contributed by atoms with Gasteiger partial charge in [-0.15, -0.1) is 11.3 Å². The SMILES string of the molecule is CCOC(=O)c1cn(C2CC2)c2cc(-c3cc4c(s3)CCCC4NC(=O)OC(C)(C)C)ccc2c1=O. The van der Waals surface area contributed by atoms with Gasteiger partial charge in [0.05, 0.1) is 18.2 Å². The lowest BCUT2D eigenvalue weighted by Crippen LogP contribution is -2.35. The normalized spacial score (nSPS) is 17.5. The first-order valence-electron chi connectivity index (χ1n) is 12.6. The molecule has 3 aromatic rings. The van der Waals surface area contributed by atoms with E-state index in [0.29, 0.717) is 5.39 Å². The summed E-state index contributed by atoms with van der Waals surface area (Å²) in [6, 6.07) is 8.20. The van der Waals surface area contributed by atoms with Crippen LogP contribution in [-0.4, -0.2) is 28.8 Å². The maximum absolute atomic E-state index is 13.1. The molecule has 2 aliphatic carbocycles. The molecule has 0 aliphatic heterocycles. The van der Waals surface area contributed by atoms with Crippen molar-refractivity contribution in [1.82, 2.24) is 9.88 Å². The number of alkyl carbamates (subject to hydrolysis) is 1. The van der Waals surface area contributed by atoms with Crippen molar-refractivity contribution in [3.63, 3.8) is 0 Å². The quantitative estimate of drug-likeness (QED) is 0.418. The van der Waals surface area contributed by atoms with Crippen LogP contribution in [0.3, 0.4) is 0 Å². The third kappa shape index (κ3) is 4.91. The van der Waals surface area contributed by atoms with Crippen LogP contribution in [0, 0.1) is 0 Å². The third-order valence-corrected chi connectivity index (χ3v) is 7.82. The fourth-order valence-corrected chi connectivity index (χ4v) is 6.07. The van der Waals surface area contributed by atoms with Crippen molar-refractivity contribution in [1.29, 1.82) is 0 Å². The van der Waals surface area contributed by atoms with E-state index in [-0.39, 0.29) is 29.7 Å². The number of thiophene rings is 1. The largest absolute Gasteiger partial charge is 0.462 e. The molecule has 190 valence electrons. The van der Waals surface area contributed by atoms with Crippen molar-refractivity contribution in [3.05, 3.63) is 56.7 Å². The van der Waals surface area contributed by atoms with Gasteiger partial charge in [-0.1, -0.05) is 6.07 Å². The van der Waals surface area contributed by atoms with Gasteiger partial charge in [-0.3, -0.25) is 4.79 Å². The molecule has 1 N–H and O–H groups in total. The van der Waals surface area contributed by atoms with E-state index in [0.717, 1.165) is 53.6 Å². The van der Waals surface area contributed by atoms with Crippen LogP contribution >= 0.6 is 11.3 Å². The van der Waals surface area contributed by atoms with E-state index < -0.39 is 17.7 Å². The Morgan fingerprint density at radius 1 is 1.17 bits per heavy atom. The molecule has 0 saturated heterocycles. The van der Waals surface area contributed by atoms with Crippen LogP contribution in [-0.2, 0) is 15.9 Å². The Morgan fingerprint density at radius 2 is 1.94 bits per heavy atom. The van der Waals surface area contributed by atoms with Crippen molar-refractivity contribution < 1.29 is 19.1 Å². The minimum atomic E-state index is -0.572. The number of hydrogen-bond donors (Lipinski definition) is 1. The molecule has 36 heavy (non-hydrogen) atoms. The first-order valence-corrected chi connectivity index (χ1v) is 13.4. The summed E-state index contributed by atoms with van der Waals surface area (Å²) in [6.45, 7) is 7.54. The maximum Gasteiger partial charge on any atom is 0.408 e. The second-order valence-electron chi connectivity index (χ2n) is 10.5. The number of hydrogen-bond acceptors (Lipinski definition) is 6. The lowest BCUT2D eigenvalue weighted by molar-refractivity contribution is 0.0495. The van der Waals surface area contributed by atoms with Crippen LogP contribution in [0.5, 0.6) is 0 Å². The lowest BCUT2D eigenvalue weighted by Gasteiger charge is -2.26. The van der Waals surface area contributed by atoms with E-state index in [1.807, 2.05) is 32.9 Å². The number of nitrogens with one attached hydrogen (secondary N) is 1. The molecule has 1 fully saturated rings. The number of esters is 1. The zero-order valence-electron chi connectivity index (χ0n) is 21.2. The fourth-order valence-electron chi connectivity index (χ4n) is 4.81. The third-order valence-electron chi connectivity index (χ3n) is 6.56. The van der Waals surface area contributed by atoms with Crippen LogP contribution in [0.2, 0.25) is 0 Å². The van der Waals surface area contributed by atoms with Crippen LogP contribution in [0.15, 0.2) is 35.3 Å². The molecule has 8 heteroatoms. The average Bonchev–Trinajstić information content (AvgIpc) is 3.55. The van der Waals surface area contributed by atoms with Gasteiger partial charge in [-0.25, -0.2) is 9.59 Å². The Kier molecular flexibility index (Phi) is 6.41. The first-order chi connectivity index (χ1) is 17.1. The minimum Gasteiger partial charge on any atom is -0.462 e. The predicted molar refractivity (Wildman–Crippen MR) is 141 cm³/mol. The van der Waals surface area contributed by atoms with Gasteiger partial charge < -0.3 is 19.4 Å². The zero-order valence-corrected chi connectivity index (χ0v) is 22.0. The number of carbonyl (C=O) groups excluding carboxylic acids is 2. The number of pyridine rings is 1. The topological polar surface area (TPSA) is 86.6 Å². The average molecular weight is 509 g/mol. The Morgan fingerprint density at radius 3 is 2.64 bits per heavy atom. The van der Waals surface area contributed by atoms with Crippen molar-refractivity contribution in [2.45, 2.75) is 77.5 Å². The zero-order chi connectivity index (χ0) is 25.6. The highest BCUT2D eigenvalue weighted by atomic mass is 32.1. The van der Waals surface area contributed by atoms with Gasteiger partial charge in [0.1, 0.15) is 11.2 Å². The van der Waals surface area contributed by atoms with Crippen molar-refractivity contribution in [2.75, 3.05) is 6.61 Å². The summed E-state index contributed by atoms with van der Waals surface area (Å²) >= 11 is 1.74. The molecule has 2 heterocycles. The highest BCUT2D eigenvalue weighted by molar-refractivity contribution is 7.15. The molecule has 0 radical (unpaired) electrons. The van der Waals surface area contributed by atoms with Gasteiger partial charge in [0.15, 0.2) is 0 Å². The summed E-state index contributed by atoms with van der Waals surface area (Å²) in [4.78, 5) is 40.3. The van der Waals surface area contributed by atoms with E-state index in [2.05, 4.69) is 22.0 Å². The second-order valence-corrected chi connectivity index (χ2v) is 11.7. The maximum atomic E-state index is 13.1. The molecule has 1 aromatic carbocycles. The molecule has 1 amide bonds. The number of benzene rings is 1. The summed E-state index contributed by atoms with van der Waals surface area (Å²) in [5, 5.41) is 3.58. The van der Waals surface area contributed by atoms with E-state index >= 15 is 0 Å². The number of rotatable bonds is 5. The van der Waals surface area contributed by atoms with E-state index in [1.165, 1.54) is 4.88 Å². The molecule has 0 spiro atoms. The molecular formula is C28H32N2O5S. The Hall–Kier alpha value is -3.13. The summed E-state index contributed by atoms with van der Waals surface area (Å²) < 4.78 is 12.7. The van der Waals surface area contributed by atoms with Crippen molar-refractivity contribution in [2.24, 2.45) is 0 Å². The molecule has 2 aliphatic rings. The monoisotopic (exact) mass is 508 g/mol. The van der Waals surface area contributed by atoms with Crippen molar-refractivity contribution >= 4 is 34.3 Å². The van der Waals surface area contributed by atoms with Gasteiger partial charge >= 0.3 is 12.1 Å². The number of nitrogens with zero attached hydrogens (tertiary/aromatic N) is 1. The predicted octanol–water partition coefficient (Wildman–Crippen LogP) is 6.14. The van der Waals surface area contributed by atoms with Crippen LogP contribution in [0.4, 0.5) is 4.79 Å². The van der Waals surface area contributed by atoms with Crippen LogP contribution in [0.1, 0.15) is 86.3 Å².